The lowest BCUT2D eigenvalue weighted by atomic mass is 9.98. The summed E-state index contributed by atoms with van der Waals surface area (Å²) in [5.41, 5.74) is 0. The summed E-state index contributed by atoms with van der Waals surface area (Å²) in [7, 11) is 0. The summed E-state index contributed by atoms with van der Waals surface area (Å²) in [6.07, 6.45) is 1.63. The molecule has 2 rings (SSSR count). The van der Waals surface area contributed by atoms with Crippen LogP contribution in [0.5, 0.6) is 0 Å². The number of rotatable bonds is 0. The normalized spacial score (nSPS) is 48.6. The number of hydrogen-bond donors (Lipinski definition) is 0. The molecular weight excluding hydrogens is 119 g/mol. The molecule has 0 aromatic carbocycles. The van der Waals surface area contributed by atoms with Gasteiger partial charge in [0.25, 0.3) is 0 Å². The molecule has 0 saturated heterocycles. The summed E-state index contributed by atoms with van der Waals surface area (Å²) in [5.74, 6) is 0.0822. The predicted molar refractivity (Wildman–Crippen MR) is 30.7 cm³/mol. The third kappa shape index (κ3) is 0.562. The lowest BCUT2D eigenvalue weighted by molar-refractivity contribution is -0.126. The van der Waals surface area contributed by atoms with Crippen LogP contribution in [0.3, 0.4) is 0 Å². The van der Waals surface area contributed by atoms with Crippen LogP contribution in [-0.2, 0) is 4.79 Å². The Morgan fingerprint density at radius 3 is 2.56 bits per heavy atom. The van der Waals surface area contributed by atoms with Gasteiger partial charge in [0.05, 0.1) is 0 Å². The van der Waals surface area contributed by atoms with Crippen molar-refractivity contribution in [1.29, 1.82) is 0 Å². The Bertz CT molecular complexity index is 151. The molecule has 2 saturated carbocycles. The zero-order valence-corrected chi connectivity index (χ0v) is 5.14. The number of ketones is 1. The summed E-state index contributed by atoms with van der Waals surface area (Å²) < 4.78 is 12.7. The van der Waals surface area contributed by atoms with E-state index in [4.69, 9.17) is 0 Å². The molecule has 3 unspecified atom stereocenters. The molecule has 0 aromatic heterocycles. The Morgan fingerprint density at radius 2 is 2.22 bits per heavy atom. The van der Waals surface area contributed by atoms with Crippen LogP contribution in [0.15, 0.2) is 0 Å². The average Bonchev–Trinajstić information content (AvgIpc) is 2.37. The topological polar surface area (TPSA) is 17.1 Å². The van der Waals surface area contributed by atoms with Gasteiger partial charge in [-0.3, -0.25) is 4.79 Å². The molecule has 0 spiro atoms. The third-order valence-corrected chi connectivity index (χ3v) is 2.56. The van der Waals surface area contributed by atoms with Gasteiger partial charge in [0.1, 0.15) is 0 Å². The number of carbonyl (C=O) groups is 1. The third-order valence-electron chi connectivity index (χ3n) is 2.56. The zero-order chi connectivity index (χ0) is 6.43. The van der Waals surface area contributed by atoms with E-state index in [9.17, 15) is 9.18 Å². The standard InChI is InChI=1S/C7H9FO/c8-6-4-1-2-5(3-4)7(6)9/h4-6H,1-3H2. The molecule has 2 fully saturated rings. The molecule has 0 amide bonds. The van der Waals surface area contributed by atoms with Crippen LogP contribution >= 0.6 is 0 Å². The van der Waals surface area contributed by atoms with Crippen LogP contribution in [0.4, 0.5) is 4.39 Å². The smallest absolute Gasteiger partial charge is 0.170 e. The first-order valence-corrected chi connectivity index (χ1v) is 3.47. The molecule has 9 heavy (non-hydrogen) atoms. The second-order valence-electron chi connectivity index (χ2n) is 3.07. The fraction of sp³-hybridized carbons (Fsp3) is 0.857. The molecule has 0 N–H and O–H groups in total. The van der Waals surface area contributed by atoms with Crippen molar-refractivity contribution in [3.8, 4) is 0 Å². The number of halogens is 1. The van der Waals surface area contributed by atoms with E-state index in [-0.39, 0.29) is 17.6 Å². The van der Waals surface area contributed by atoms with Gasteiger partial charge < -0.3 is 0 Å². The summed E-state index contributed by atoms with van der Waals surface area (Å²) >= 11 is 0. The molecule has 0 heterocycles. The fourth-order valence-corrected chi connectivity index (χ4v) is 2.00. The Hall–Kier alpha value is -0.400. The summed E-state index contributed by atoms with van der Waals surface area (Å²) in [6.45, 7) is 0. The van der Waals surface area contributed by atoms with E-state index >= 15 is 0 Å². The minimum absolute atomic E-state index is 0.0995. The van der Waals surface area contributed by atoms with Gasteiger partial charge >= 0.3 is 0 Å². The fourth-order valence-electron chi connectivity index (χ4n) is 2.00. The molecular formula is C7H9FO. The molecule has 2 aliphatic carbocycles. The highest BCUT2D eigenvalue weighted by Crippen LogP contribution is 2.43. The molecule has 2 bridgehead atoms. The molecule has 3 atom stereocenters. The first kappa shape index (κ1) is 5.39. The lowest BCUT2D eigenvalue weighted by Crippen LogP contribution is -2.22. The van der Waals surface area contributed by atoms with Gasteiger partial charge in [0.15, 0.2) is 12.0 Å². The molecule has 0 aromatic rings. The Kier molecular flexibility index (Phi) is 0.930. The van der Waals surface area contributed by atoms with Crippen LogP contribution in [0.2, 0.25) is 0 Å². The van der Waals surface area contributed by atoms with Gasteiger partial charge in [-0.2, -0.15) is 0 Å². The summed E-state index contributed by atoms with van der Waals surface area (Å²) in [5, 5.41) is 0. The Balaban J connectivity index is 2.25. The first-order chi connectivity index (χ1) is 4.29. The Labute approximate surface area is 53.2 Å². The zero-order valence-electron chi connectivity index (χ0n) is 5.14. The molecule has 0 radical (unpaired) electrons. The van der Waals surface area contributed by atoms with Gasteiger partial charge in [0.2, 0.25) is 0 Å². The van der Waals surface area contributed by atoms with Crippen LogP contribution < -0.4 is 0 Å². The van der Waals surface area contributed by atoms with Gasteiger partial charge in [0, 0.05) is 5.92 Å². The van der Waals surface area contributed by atoms with E-state index in [2.05, 4.69) is 0 Å². The quantitative estimate of drug-likeness (QED) is 0.481. The van der Waals surface area contributed by atoms with Crippen LogP contribution in [0.25, 0.3) is 0 Å². The monoisotopic (exact) mass is 128 g/mol. The van der Waals surface area contributed by atoms with Crippen molar-refractivity contribution in [3.05, 3.63) is 0 Å². The van der Waals surface area contributed by atoms with E-state index in [1.807, 2.05) is 0 Å². The molecule has 2 heteroatoms. The van der Waals surface area contributed by atoms with Crippen molar-refractivity contribution in [1.82, 2.24) is 0 Å². The number of carbonyl (C=O) groups excluding carboxylic acids is 1. The van der Waals surface area contributed by atoms with Gasteiger partial charge in [-0.15, -0.1) is 0 Å². The highest BCUT2D eigenvalue weighted by Gasteiger charge is 2.46. The minimum Gasteiger partial charge on any atom is -0.296 e. The maximum absolute atomic E-state index is 12.7. The van der Waals surface area contributed by atoms with Crippen molar-refractivity contribution in [3.63, 3.8) is 0 Å². The Morgan fingerprint density at radius 1 is 1.44 bits per heavy atom. The maximum Gasteiger partial charge on any atom is 0.170 e. The van der Waals surface area contributed by atoms with Crippen LogP contribution in [-0.4, -0.2) is 12.0 Å². The summed E-state index contributed by atoms with van der Waals surface area (Å²) in [6, 6.07) is 0. The number of hydrogen-bond acceptors (Lipinski definition) is 1. The van der Waals surface area contributed by atoms with Crippen LogP contribution in [0, 0.1) is 11.8 Å². The van der Waals surface area contributed by atoms with Crippen LogP contribution in [0.1, 0.15) is 19.3 Å². The van der Waals surface area contributed by atoms with Crippen molar-refractivity contribution in [2.24, 2.45) is 11.8 Å². The van der Waals surface area contributed by atoms with E-state index in [0.717, 1.165) is 19.3 Å². The van der Waals surface area contributed by atoms with E-state index in [0.29, 0.717) is 0 Å². The second kappa shape index (κ2) is 1.55. The van der Waals surface area contributed by atoms with E-state index < -0.39 is 6.17 Å². The molecule has 50 valence electrons. The first-order valence-electron chi connectivity index (χ1n) is 3.47. The van der Waals surface area contributed by atoms with Crippen molar-refractivity contribution in [2.45, 2.75) is 25.4 Å². The number of alkyl halides is 1. The minimum atomic E-state index is -1.09. The molecule has 1 nitrogen and oxygen atoms in total. The highest BCUT2D eigenvalue weighted by atomic mass is 19.1. The van der Waals surface area contributed by atoms with Crippen molar-refractivity contribution in [2.75, 3.05) is 0 Å². The largest absolute Gasteiger partial charge is 0.296 e. The average molecular weight is 128 g/mol. The second-order valence-corrected chi connectivity index (χ2v) is 3.07. The van der Waals surface area contributed by atoms with Crippen molar-refractivity contribution >= 4 is 5.78 Å². The summed E-state index contributed by atoms with van der Waals surface area (Å²) in [4.78, 5) is 10.8. The molecule has 2 aliphatic rings. The van der Waals surface area contributed by atoms with E-state index in [1.165, 1.54) is 0 Å². The lowest BCUT2D eigenvalue weighted by Gasteiger charge is -2.10. The van der Waals surface area contributed by atoms with Gasteiger partial charge in [-0.25, -0.2) is 4.39 Å². The SMILES string of the molecule is O=C1C2CCC(C2)C1F. The van der Waals surface area contributed by atoms with E-state index in [1.54, 1.807) is 0 Å². The predicted octanol–water partition coefficient (Wildman–Crippen LogP) is 1.32. The number of Topliss-reactive ketones (excluding diaryl/α,β-unsaturated/α-hetero) is 1. The maximum atomic E-state index is 12.7. The highest BCUT2D eigenvalue weighted by molar-refractivity contribution is 5.88. The van der Waals surface area contributed by atoms with Crippen molar-refractivity contribution < 1.29 is 9.18 Å². The molecule has 0 aliphatic heterocycles. The number of fused-ring (bicyclic) bond motifs is 2. The van der Waals surface area contributed by atoms with Gasteiger partial charge in [-0.1, -0.05) is 0 Å². The van der Waals surface area contributed by atoms with Gasteiger partial charge in [-0.05, 0) is 25.2 Å².